The highest BCUT2D eigenvalue weighted by Crippen LogP contribution is 2.12. The van der Waals surface area contributed by atoms with E-state index in [4.69, 9.17) is 0 Å². The number of halogens is 2. The third kappa shape index (κ3) is 8.31. The van der Waals surface area contributed by atoms with Crippen molar-refractivity contribution in [3.63, 3.8) is 0 Å². The number of hydrogen-bond donors (Lipinski definition) is 2. The largest absolute Gasteiger partial charge is 0.352 e. The van der Waals surface area contributed by atoms with Crippen molar-refractivity contribution >= 4 is 43.7 Å². The Balaban J connectivity index is 1.23. The highest BCUT2D eigenvalue weighted by Gasteiger charge is 2.16. The standard InChI is InChI=1S/C24H30Br2N4O2/c25-21-7-1-5-19(17-21)23(31)27-9-3-11-29-13-15-30(16-14-29)12-4-10-28-24(32)20-6-2-8-22(26)18-20/h1-2,5-8,17-18H,3-4,9-16H2,(H,27,31)(H,28,32). The van der Waals surface area contributed by atoms with Gasteiger partial charge in [-0.2, -0.15) is 0 Å². The van der Waals surface area contributed by atoms with Gasteiger partial charge in [0, 0.05) is 59.3 Å². The molecule has 2 aromatic carbocycles. The van der Waals surface area contributed by atoms with Crippen LogP contribution in [0.15, 0.2) is 57.5 Å². The van der Waals surface area contributed by atoms with E-state index in [1.54, 1.807) is 0 Å². The summed E-state index contributed by atoms with van der Waals surface area (Å²) in [6.45, 7) is 7.54. The molecule has 0 unspecified atom stereocenters. The van der Waals surface area contributed by atoms with Crippen molar-refractivity contribution in [3.05, 3.63) is 68.6 Å². The van der Waals surface area contributed by atoms with E-state index >= 15 is 0 Å². The van der Waals surface area contributed by atoms with Crippen LogP contribution in [0.1, 0.15) is 33.6 Å². The molecule has 0 radical (unpaired) electrons. The lowest BCUT2D eigenvalue weighted by Crippen LogP contribution is -2.47. The highest BCUT2D eigenvalue weighted by atomic mass is 79.9. The molecule has 1 fully saturated rings. The van der Waals surface area contributed by atoms with Crippen LogP contribution in [0.5, 0.6) is 0 Å². The van der Waals surface area contributed by atoms with Crippen LogP contribution in [0.25, 0.3) is 0 Å². The first-order valence-electron chi connectivity index (χ1n) is 11.0. The minimum Gasteiger partial charge on any atom is -0.352 e. The summed E-state index contributed by atoms with van der Waals surface area (Å²) in [5.74, 6) is -0.0498. The SMILES string of the molecule is O=C(NCCCN1CCN(CCCNC(=O)c2cccc(Br)c2)CC1)c1cccc(Br)c1. The van der Waals surface area contributed by atoms with Gasteiger partial charge >= 0.3 is 0 Å². The summed E-state index contributed by atoms with van der Waals surface area (Å²) < 4.78 is 1.82. The number of hydrogen-bond acceptors (Lipinski definition) is 4. The second-order valence-electron chi connectivity index (χ2n) is 7.92. The van der Waals surface area contributed by atoms with Crippen LogP contribution in [0.2, 0.25) is 0 Å². The number of rotatable bonds is 10. The van der Waals surface area contributed by atoms with Crippen molar-refractivity contribution in [2.75, 3.05) is 52.4 Å². The summed E-state index contributed by atoms with van der Waals surface area (Å²) in [4.78, 5) is 29.3. The molecule has 1 saturated heterocycles. The zero-order chi connectivity index (χ0) is 22.8. The smallest absolute Gasteiger partial charge is 0.251 e. The van der Waals surface area contributed by atoms with E-state index in [-0.39, 0.29) is 11.8 Å². The van der Waals surface area contributed by atoms with Crippen LogP contribution in [-0.2, 0) is 0 Å². The van der Waals surface area contributed by atoms with Gasteiger partial charge < -0.3 is 20.4 Å². The topological polar surface area (TPSA) is 64.7 Å². The Morgan fingerprint density at radius 3 is 1.50 bits per heavy atom. The molecular formula is C24H30Br2N4O2. The van der Waals surface area contributed by atoms with Gasteiger partial charge in [-0.3, -0.25) is 9.59 Å². The average Bonchev–Trinajstić information content (AvgIpc) is 2.80. The summed E-state index contributed by atoms with van der Waals surface area (Å²) in [6.07, 6.45) is 1.89. The van der Waals surface area contributed by atoms with Crippen molar-refractivity contribution in [1.29, 1.82) is 0 Å². The molecule has 3 rings (SSSR count). The first-order valence-corrected chi connectivity index (χ1v) is 12.6. The lowest BCUT2D eigenvalue weighted by molar-refractivity contribution is 0.0934. The van der Waals surface area contributed by atoms with Crippen molar-refractivity contribution in [2.24, 2.45) is 0 Å². The lowest BCUT2D eigenvalue weighted by Gasteiger charge is -2.34. The maximum atomic E-state index is 12.2. The van der Waals surface area contributed by atoms with Crippen LogP contribution < -0.4 is 10.6 Å². The van der Waals surface area contributed by atoms with E-state index in [1.165, 1.54) is 0 Å². The number of carbonyl (C=O) groups excluding carboxylic acids is 2. The first-order chi connectivity index (χ1) is 15.5. The lowest BCUT2D eigenvalue weighted by atomic mass is 10.2. The fraction of sp³-hybridized carbons (Fsp3) is 0.417. The summed E-state index contributed by atoms with van der Waals surface area (Å²) in [7, 11) is 0. The third-order valence-corrected chi connectivity index (χ3v) is 6.50. The monoisotopic (exact) mass is 564 g/mol. The van der Waals surface area contributed by atoms with Crippen LogP contribution in [0.3, 0.4) is 0 Å². The number of nitrogens with zero attached hydrogens (tertiary/aromatic N) is 2. The minimum atomic E-state index is -0.0249. The summed E-state index contributed by atoms with van der Waals surface area (Å²) in [5, 5.41) is 6.00. The number of nitrogens with one attached hydrogen (secondary N) is 2. The molecule has 32 heavy (non-hydrogen) atoms. The van der Waals surface area contributed by atoms with E-state index in [9.17, 15) is 9.59 Å². The Labute approximate surface area is 207 Å². The van der Waals surface area contributed by atoms with E-state index in [0.29, 0.717) is 24.2 Å². The predicted octanol–water partition coefficient (Wildman–Crippen LogP) is 3.77. The maximum absolute atomic E-state index is 12.2. The Bertz CT molecular complexity index is 828. The second-order valence-corrected chi connectivity index (χ2v) is 9.75. The van der Waals surface area contributed by atoms with E-state index in [2.05, 4.69) is 52.3 Å². The molecule has 0 aromatic heterocycles. The Morgan fingerprint density at radius 2 is 1.12 bits per heavy atom. The molecule has 172 valence electrons. The first kappa shape index (κ1) is 24.9. The van der Waals surface area contributed by atoms with Gasteiger partial charge in [0.2, 0.25) is 0 Å². The zero-order valence-corrected chi connectivity index (χ0v) is 21.3. The quantitative estimate of drug-likeness (QED) is 0.430. The average molecular weight is 566 g/mol. The van der Waals surface area contributed by atoms with Gasteiger partial charge in [-0.1, -0.05) is 44.0 Å². The molecule has 0 bridgehead atoms. The van der Waals surface area contributed by atoms with Gasteiger partial charge in [-0.05, 0) is 62.3 Å². The van der Waals surface area contributed by atoms with Gasteiger partial charge in [-0.15, -0.1) is 0 Å². The molecule has 0 atom stereocenters. The molecule has 2 aromatic rings. The minimum absolute atomic E-state index is 0.0249. The van der Waals surface area contributed by atoms with Crippen molar-refractivity contribution in [2.45, 2.75) is 12.8 Å². The molecule has 1 heterocycles. The Kier molecular flexibility index (Phi) is 10.2. The van der Waals surface area contributed by atoms with E-state index in [0.717, 1.165) is 61.1 Å². The molecule has 8 heteroatoms. The molecule has 0 spiro atoms. The molecule has 1 aliphatic rings. The Morgan fingerprint density at radius 1 is 0.719 bits per heavy atom. The summed E-state index contributed by atoms with van der Waals surface area (Å²) >= 11 is 6.79. The van der Waals surface area contributed by atoms with Gasteiger partial charge in [-0.25, -0.2) is 0 Å². The van der Waals surface area contributed by atoms with Crippen LogP contribution >= 0.6 is 31.9 Å². The molecule has 0 aliphatic carbocycles. The van der Waals surface area contributed by atoms with Gasteiger partial charge in [0.1, 0.15) is 0 Å². The third-order valence-electron chi connectivity index (χ3n) is 5.51. The summed E-state index contributed by atoms with van der Waals surface area (Å²) in [6, 6.07) is 14.9. The van der Waals surface area contributed by atoms with Crippen LogP contribution in [0, 0.1) is 0 Å². The normalized spacial score (nSPS) is 14.8. The fourth-order valence-corrected chi connectivity index (χ4v) is 4.51. The van der Waals surface area contributed by atoms with Crippen LogP contribution in [0.4, 0.5) is 0 Å². The molecule has 0 saturated carbocycles. The number of amides is 2. The number of piperazine rings is 1. The highest BCUT2D eigenvalue weighted by molar-refractivity contribution is 9.10. The van der Waals surface area contributed by atoms with Gasteiger partial charge in [0.25, 0.3) is 11.8 Å². The van der Waals surface area contributed by atoms with Gasteiger partial charge in [0.15, 0.2) is 0 Å². The summed E-state index contributed by atoms with van der Waals surface area (Å²) in [5.41, 5.74) is 1.36. The zero-order valence-electron chi connectivity index (χ0n) is 18.2. The van der Waals surface area contributed by atoms with Crippen LogP contribution in [-0.4, -0.2) is 74.0 Å². The number of benzene rings is 2. The van der Waals surface area contributed by atoms with E-state index in [1.807, 2.05) is 48.5 Å². The molecule has 6 nitrogen and oxygen atoms in total. The maximum Gasteiger partial charge on any atom is 0.251 e. The molecule has 2 amide bonds. The van der Waals surface area contributed by atoms with Crippen molar-refractivity contribution in [3.8, 4) is 0 Å². The Hall–Kier alpha value is -1.74. The molecule has 2 N–H and O–H groups in total. The van der Waals surface area contributed by atoms with E-state index < -0.39 is 0 Å². The predicted molar refractivity (Wildman–Crippen MR) is 135 cm³/mol. The molecule has 1 aliphatic heterocycles. The molecular weight excluding hydrogens is 536 g/mol. The number of carbonyl (C=O) groups is 2. The second kappa shape index (κ2) is 13.1. The van der Waals surface area contributed by atoms with Gasteiger partial charge in [0.05, 0.1) is 0 Å². The van der Waals surface area contributed by atoms with Crippen molar-refractivity contribution in [1.82, 2.24) is 20.4 Å². The fourth-order valence-electron chi connectivity index (χ4n) is 3.71. The van der Waals surface area contributed by atoms with Crippen molar-refractivity contribution < 1.29 is 9.59 Å².